The van der Waals surface area contributed by atoms with Gasteiger partial charge in [-0.15, -0.1) is 0 Å². The minimum absolute atomic E-state index is 0.228. The summed E-state index contributed by atoms with van der Waals surface area (Å²) in [6.45, 7) is 0. The summed E-state index contributed by atoms with van der Waals surface area (Å²) in [7, 11) is 1.39. The van der Waals surface area contributed by atoms with Gasteiger partial charge >= 0.3 is 12.1 Å². The van der Waals surface area contributed by atoms with E-state index in [-0.39, 0.29) is 18.0 Å². The number of hydrogen-bond donors (Lipinski definition) is 1. The molecule has 7 heteroatoms. The fourth-order valence-corrected chi connectivity index (χ4v) is 1.97. The molecule has 1 N–H and O–H groups in total. The Morgan fingerprint density at radius 2 is 1.82 bits per heavy atom. The first kappa shape index (κ1) is 15.8. The van der Waals surface area contributed by atoms with Gasteiger partial charge in [0.25, 0.3) is 0 Å². The van der Waals surface area contributed by atoms with Gasteiger partial charge in [0.15, 0.2) is 0 Å². The molecular formula is C15H12F3NO3. The van der Waals surface area contributed by atoms with Gasteiger partial charge in [0.1, 0.15) is 0 Å². The molecule has 0 saturated carbocycles. The van der Waals surface area contributed by atoms with Crippen LogP contribution in [0.5, 0.6) is 5.88 Å². The van der Waals surface area contributed by atoms with E-state index in [1.165, 1.54) is 25.3 Å². The first-order valence-electron chi connectivity index (χ1n) is 6.24. The van der Waals surface area contributed by atoms with Crippen molar-refractivity contribution in [2.45, 2.75) is 12.6 Å². The molecule has 0 atom stereocenters. The maximum atomic E-state index is 12.6. The lowest BCUT2D eigenvalue weighted by atomic mass is 10.0. The Morgan fingerprint density at radius 1 is 1.18 bits per heavy atom. The van der Waals surface area contributed by atoms with E-state index < -0.39 is 17.7 Å². The highest BCUT2D eigenvalue weighted by molar-refractivity contribution is 5.75. The summed E-state index contributed by atoms with van der Waals surface area (Å²) in [5, 5.41) is 8.92. The van der Waals surface area contributed by atoms with Crippen molar-refractivity contribution in [1.29, 1.82) is 0 Å². The van der Waals surface area contributed by atoms with E-state index in [0.717, 1.165) is 12.1 Å². The number of aliphatic carboxylic acids is 1. The quantitative estimate of drug-likeness (QED) is 0.940. The number of pyridine rings is 1. The summed E-state index contributed by atoms with van der Waals surface area (Å²) in [6, 6.07) is 7.58. The van der Waals surface area contributed by atoms with Crippen LogP contribution in [0.4, 0.5) is 13.2 Å². The van der Waals surface area contributed by atoms with Crippen LogP contribution in [-0.2, 0) is 17.4 Å². The van der Waals surface area contributed by atoms with Crippen molar-refractivity contribution in [1.82, 2.24) is 4.98 Å². The maximum Gasteiger partial charge on any atom is 0.416 e. The lowest BCUT2D eigenvalue weighted by Gasteiger charge is -2.11. The lowest BCUT2D eigenvalue weighted by molar-refractivity contribution is -0.138. The van der Waals surface area contributed by atoms with Crippen LogP contribution in [0, 0.1) is 0 Å². The van der Waals surface area contributed by atoms with Crippen LogP contribution in [0.3, 0.4) is 0 Å². The molecule has 0 aliphatic rings. The number of rotatable bonds is 4. The van der Waals surface area contributed by atoms with Crippen LogP contribution in [0.1, 0.15) is 11.3 Å². The lowest BCUT2D eigenvalue weighted by Crippen LogP contribution is -2.06. The van der Waals surface area contributed by atoms with Crippen LogP contribution >= 0.6 is 0 Å². The molecule has 0 bridgehead atoms. The van der Waals surface area contributed by atoms with Crippen molar-refractivity contribution < 1.29 is 27.8 Å². The van der Waals surface area contributed by atoms with E-state index in [1.807, 2.05) is 0 Å². The number of carbonyl (C=O) groups is 1. The van der Waals surface area contributed by atoms with E-state index in [1.54, 1.807) is 6.07 Å². The maximum absolute atomic E-state index is 12.6. The third-order valence-electron chi connectivity index (χ3n) is 3.00. The second-order valence-electron chi connectivity index (χ2n) is 4.49. The van der Waals surface area contributed by atoms with Crippen molar-refractivity contribution in [3.8, 4) is 17.0 Å². The Bertz CT molecular complexity index is 681. The number of carboxylic acids is 1. The number of nitrogens with zero attached hydrogens (tertiary/aromatic N) is 1. The summed E-state index contributed by atoms with van der Waals surface area (Å²) in [4.78, 5) is 15.0. The van der Waals surface area contributed by atoms with Crippen LogP contribution in [0.15, 0.2) is 36.4 Å². The molecule has 0 aliphatic heterocycles. The summed E-state index contributed by atoms with van der Waals surface area (Å²) in [5.74, 6) is -0.846. The second-order valence-corrected chi connectivity index (χ2v) is 4.49. The highest BCUT2D eigenvalue weighted by Gasteiger charge is 2.30. The molecule has 0 amide bonds. The Labute approximate surface area is 124 Å². The Hall–Kier alpha value is -2.57. The molecule has 116 valence electrons. The van der Waals surface area contributed by atoms with Gasteiger partial charge in [-0.1, -0.05) is 12.1 Å². The van der Waals surface area contributed by atoms with Crippen LogP contribution in [0.2, 0.25) is 0 Å². The third-order valence-corrected chi connectivity index (χ3v) is 3.00. The summed E-state index contributed by atoms with van der Waals surface area (Å²) < 4.78 is 42.6. The zero-order chi connectivity index (χ0) is 16.3. The van der Waals surface area contributed by atoms with Gasteiger partial charge in [-0.05, 0) is 23.8 Å². The standard InChI is InChI=1S/C15H12F3NO3/c1-22-13-7-6-11(12(19-13)8-14(20)21)9-2-4-10(5-3-9)15(16,17)18/h2-7H,8H2,1H3,(H,20,21). The smallest absolute Gasteiger partial charge is 0.416 e. The highest BCUT2D eigenvalue weighted by Crippen LogP contribution is 2.32. The van der Waals surface area contributed by atoms with Crippen molar-refractivity contribution in [3.63, 3.8) is 0 Å². The number of aromatic nitrogens is 1. The van der Waals surface area contributed by atoms with Crippen molar-refractivity contribution in [2.75, 3.05) is 7.11 Å². The molecule has 2 rings (SSSR count). The fraction of sp³-hybridized carbons (Fsp3) is 0.200. The molecule has 0 unspecified atom stereocenters. The predicted octanol–water partition coefficient (Wildman–Crippen LogP) is 3.40. The van der Waals surface area contributed by atoms with Gasteiger partial charge in [-0.2, -0.15) is 13.2 Å². The average molecular weight is 311 g/mol. The molecule has 0 spiro atoms. The topological polar surface area (TPSA) is 59.4 Å². The molecule has 0 saturated heterocycles. The average Bonchev–Trinajstić information content (AvgIpc) is 2.46. The summed E-state index contributed by atoms with van der Waals surface area (Å²) in [6.07, 6.45) is -4.77. The van der Waals surface area contributed by atoms with Gasteiger partial charge < -0.3 is 9.84 Å². The van der Waals surface area contributed by atoms with Crippen LogP contribution < -0.4 is 4.74 Å². The number of halogens is 3. The number of alkyl halides is 3. The molecule has 1 aromatic carbocycles. The van der Waals surface area contributed by atoms with E-state index in [4.69, 9.17) is 9.84 Å². The third kappa shape index (κ3) is 3.55. The first-order valence-corrected chi connectivity index (χ1v) is 6.24. The molecule has 1 heterocycles. The molecule has 22 heavy (non-hydrogen) atoms. The van der Waals surface area contributed by atoms with Crippen molar-refractivity contribution >= 4 is 5.97 Å². The van der Waals surface area contributed by atoms with E-state index >= 15 is 0 Å². The number of carboxylic acid groups (broad SMARTS) is 1. The second kappa shape index (κ2) is 6.05. The minimum Gasteiger partial charge on any atom is -0.481 e. The summed E-state index contributed by atoms with van der Waals surface area (Å²) >= 11 is 0. The van der Waals surface area contributed by atoms with Gasteiger partial charge in [-0.25, -0.2) is 4.98 Å². The SMILES string of the molecule is COc1ccc(-c2ccc(C(F)(F)F)cc2)c(CC(=O)O)n1. The zero-order valence-electron chi connectivity index (χ0n) is 11.5. The van der Waals surface area contributed by atoms with Gasteiger partial charge in [0, 0.05) is 11.6 Å². The molecule has 0 aliphatic carbocycles. The molecular weight excluding hydrogens is 299 g/mol. The number of methoxy groups -OCH3 is 1. The normalized spacial score (nSPS) is 11.3. The summed E-state index contributed by atoms with van der Waals surface area (Å²) in [5.41, 5.74) is 0.375. The zero-order valence-corrected chi connectivity index (χ0v) is 11.5. The van der Waals surface area contributed by atoms with Gasteiger partial charge in [0.05, 0.1) is 24.8 Å². The predicted molar refractivity (Wildman–Crippen MR) is 72.6 cm³/mol. The molecule has 0 fully saturated rings. The van der Waals surface area contributed by atoms with Crippen molar-refractivity contribution in [3.05, 3.63) is 47.7 Å². The van der Waals surface area contributed by atoms with Gasteiger partial charge in [0.2, 0.25) is 5.88 Å². The monoisotopic (exact) mass is 311 g/mol. The van der Waals surface area contributed by atoms with E-state index in [2.05, 4.69) is 4.98 Å². The highest BCUT2D eigenvalue weighted by atomic mass is 19.4. The molecule has 1 aromatic heterocycles. The number of hydrogen-bond acceptors (Lipinski definition) is 3. The van der Waals surface area contributed by atoms with Gasteiger partial charge in [-0.3, -0.25) is 4.79 Å². The number of ether oxygens (including phenoxy) is 1. The molecule has 4 nitrogen and oxygen atoms in total. The number of benzene rings is 1. The van der Waals surface area contributed by atoms with E-state index in [0.29, 0.717) is 11.1 Å². The van der Waals surface area contributed by atoms with Crippen LogP contribution in [0.25, 0.3) is 11.1 Å². The van der Waals surface area contributed by atoms with Crippen molar-refractivity contribution in [2.24, 2.45) is 0 Å². The minimum atomic E-state index is -4.42. The Morgan fingerprint density at radius 3 is 2.32 bits per heavy atom. The molecule has 0 radical (unpaired) electrons. The molecule has 2 aromatic rings. The largest absolute Gasteiger partial charge is 0.481 e. The fourth-order valence-electron chi connectivity index (χ4n) is 1.97. The van der Waals surface area contributed by atoms with E-state index in [9.17, 15) is 18.0 Å². The Balaban J connectivity index is 2.45. The van der Waals surface area contributed by atoms with Crippen LogP contribution in [-0.4, -0.2) is 23.2 Å². The Kier molecular flexibility index (Phi) is 4.35. The first-order chi connectivity index (χ1) is 10.3.